The molecule has 0 aliphatic heterocycles. The Bertz CT molecular complexity index is 1300. The molecule has 3 rings (SSSR count). The highest BCUT2D eigenvalue weighted by Crippen LogP contribution is 2.38. The second-order valence-electron chi connectivity index (χ2n) is 7.03. The molecule has 0 saturated carbocycles. The van der Waals surface area contributed by atoms with E-state index in [1.807, 2.05) is 0 Å². The molecule has 1 N–H and O–H groups in total. The lowest BCUT2D eigenvalue weighted by molar-refractivity contribution is -0.384. The Morgan fingerprint density at radius 3 is 2.50 bits per heavy atom. The first-order valence-electron chi connectivity index (χ1n) is 10.1. The van der Waals surface area contributed by atoms with Crippen LogP contribution < -0.4 is 9.47 Å². The van der Waals surface area contributed by atoms with E-state index in [0.717, 1.165) is 5.56 Å². The van der Waals surface area contributed by atoms with Crippen LogP contribution in [0.15, 0.2) is 60.7 Å². The molecule has 0 spiro atoms. The zero-order valence-electron chi connectivity index (χ0n) is 18.0. The van der Waals surface area contributed by atoms with Crippen LogP contribution in [0.3, 0.4) is 0 Å². The Hall–Kier alpha value is -4.35. The normalized spacial score (nSPS) is 10.9. The number of nitro benzene ring substituents is 1. The molecular weight excluding hydrogens is 460 g/mol. The highest BCUT2D eigenvalue weighted by Gasteiger charge is 2.14. The van der Waals surface area contributed by atoms with Gasteiger partial charge in [-0.05, 0) is 54.0 Å². The summed E-state index contributed by atoms with van der Waals surface area (Å²) in [6, 6.07) is 17.4. The number of allylic oxidation sites excluding steroid dienone is 1. The minimum absolute atomic E-state index is 0.119. The minimum Gasteiger partial charge on any atom is -0.490 e. The van der Waals surface area contributed by atoms with Crippen molar-refractivity contribution in [1.82, 2.24) is 0 Å². The zero-order valence-corrected chi connectivity index (χ0v) is 18.8. The quantitative estimate of drug-likeness (QED) is 0.173. The average Bonchev–Trinajstić information content (AvgIpc) is 2.82. The van der Waals surface area contributed by atoms with Gasteiger partial charge in [0, 0.05) is 12.1 Å². The number of carboxylic acids is 1. The molecule has 0 aromatic heterocycles. The summed E-state index contributed by atoms with van der Waals surface area (Å²) in [5, 5.41) is 29.9. The van der Waals surface area contributed by atoms with Gasteiger partial charge in [-0.25, -0.2) is 4.79 Å². The number of halogens is 1. The van der Waals surface area contributed by atoms with E-state index in [2.05, 4.69) is 6.07 Å². The number of aromatic carboxylic acids is 1. The van der Waals surface area contributed by atoms with E-state index in [9.17, 15) is 20.2 Å². The number of hydrogen-bond acceptors (Lipinski definition) is 6. The average molecular weight is 479 g/mol. The van der Waals surface area contributed by atoms with Crippen molar-refractivity contribution in [3.8, 4) is 17.6 Å². The van der Waals surface area contributed by atoms with Crippen molar-refractivity contribution in [1.29, 1.82) is 5.26 Å². The van der Waals surface area contributed by atoms with Gasteiger partial charge in [-0.2, -0.15) is 5.26 Å². The Balaban J connectivity index is 1.90. The Morgan fingerprint density at radius 1 is 1.15 bits per heavy atom. The summed E-state index contributed by atoms with van der Waals surface area (Å²) in [5.41, 5.74) is 1.96. The summed E-state index contributed by atoms with van der Waals surface area (Å²) in [7, 11) is 0. The van der Waals surface area contributed by atoms with E-state index >= 15 is 0 Å². The van der Waals surface area contributed by atoms with Crippen molar-refractivity contribution in [3.63, 3.8) is 0 Å². The number of benzene rings is 3. The summed E-state index contributed by atoms with van der Waals surface area (Å²) in [5.74, 6) is -0.351. The van der Waals surface area contributed by atoms with Crippen molar-refractivity contribution in [2.45, 2.75) is 13.5 Å². The Labute approximate surface area is 200 Å². The predicted molar refractivity (Wildman–Crippen MR) is 127 cm³/mol. The fourth-order valence-electron chi connectivity index (χ4n) is 3.11. The number of carbonyl (C=O) groups is 1. The van der Waals surface area contributed by atoms with Gasteiger partial charge in [-0.1, -0.05) is 35.9 Å². The first-order chi connectivity index (χ1) is 16.3. The van der Waals surface area contributed by atoms with Crippen LogP contribution in [0.1, 0.15) is 34.0 Å². The molecule has 0 unspecified atom stereocenters. The third kappa shape index (κ3) is 5.91. The fourth-order valence-corrected chi connectivity index (χ4v) is 3.38. The molecule has 0 fully saturated rings. The summed E-state index contributed by atoms with van der Waals surface area (Å²) < 4.78 is 11.5. The van der Waals surface area contributed by atoms with E-state index in [1.54, 1.807) is 43.3 Å². The molecule has 0 atom stereocenters. The molecule has 34 heavy (non-hydrogen) atoms. The molecule has 0 radical (unpaired) electrons. The van der Waals surface area contributed by atoms with E-state index < -0.39 is 10.9 Å². The number of ether oxygens (including phenoxy) is 2. The lowest BCUT2D eigenvalue weighted by Gasteiger charge is -2.15. The second-order valence-corrected chi connectivity index (χ2v) is 7.44. The van der Waals surface area contributed by atoms with Crippen LogP contribution in [-0.2, 0) is 6.61 Å². The van der Waals surface area contributed by atoms with Gasteiger partial charge < -0.3 is 14.6 Å². The molecule has 3 aromatic rings. The van der Waals surface area contributed by atoms with Gasteiger partial charge in [0.05, 0.1) is 33.8 Å². The molecule has 172 valence electrons. The van der Waals surface area contributed by atoms with Crippen LogP contribution in [0.5, 0.6) is 11.5 Å². The lowest BCUT2D eigenvalue weighted by atomic mass is 10.0. The van der Waals surface area contributed by atoms with Crippen LogP contribution in [0.25, 0.3) is 11.6 Å². The molecule has 0 amide bonds. The van der Waals surface area contributed by atoms with Crippen LogP contribution in [-0.4, -0.2) is 22.6 Å². The SMILES string of the molecule is CCOc1cc(/C=C(/C#N)c2cccc([N+](=O)[O-])c2)cc(Cl)c1OCc1ccc(C(=O)O)cc1. The highest BCUT2D eigenvalue weighted by atomic mass is 35.5. The topological polar surface area (TPSA) is 123 Å². The molecule has 8 nitrogen and oxygen atoms in total. The molecule has 0 bridgehead atoms. The van der Waals surface area contributed by atoms with Gasteiger partial charge in [-0.15, -0.1) is 0 Å². The first kappa shape index (κ1) is 24.3. The maximum absolute atomic E-state index is 11.1. The van der Waals surface area contributed by atoms with Gasteiger partial charge >= 0.3 is 5.97 Å². The highest BCUT2D eigenvalue weighted by molar-refractivity contribution is 6.32. The van der Waals surface area contributed by atoms with Crippen molar-refractivity contribution < 1.29 is 24.3 Å². The van der Waals surface area contributed by atoms with Crippen LogP contribution in [0.2, 0.25) is 5.02 Å². The minimum atomic E-state index is -1.01. The number of rotatable bonds is 9. The lowest BCUT2D eigenvalue weighted by Crippen LogP contribution is -2.02. The smallest absolute Gasteiger partial charge is 0.335 e. The fraction of sp³-hybridized carbons (Fsp3) is 0.120. The number of hydrogen-bond donors (Lipinski definition) is 1. The molecule has 0 heterocycles. The molecule has 0 aliphatic carbocycles. The Kier molecular flexibility index (Phi) is 7.85. The number of nitro groups is 1. The van der Waals surface area contributed by atoms with E-state index in [-0.39, 0.29) is 28.5 Å². The van der Waals surface area contributed by atoms with Crippen LogP contribution in [0.4, 0.5) is 5.69 Å². The Morgan fingerprint density at radius 2 is 1.88 bits per heavy atom. The second kappa shape index (κ2) is 11.0. The van der Waals surface area contributed by atoms with Gasteiger partial charge in [0.1, 0.15) is 6.61 Å². The molecule has 0 saturated heterocycles. The van der Waals surface area contributed by atoms with Crippen LogP contribution >= 0.6 is 11.6 Å². The molecule has 0 aliphatic rings. The third-order valence-electron chi connectivity index (χ3n) is 4.72. The molecule has 3 aromatic carbocycles. The van der Waals surface area contributed by atoms with Gasteiger partial charge in [0.25, 0.3) is 5.69 Å². The predicted octanol–water partition coefficient (Wildman–Crippen LogP) is 5.99. The summed E-state index contributed by atoms with van der Waals surface area (Å²) in [6.45, 7) is 2.27. The summed E-state index contributed by atoms with van der Waals surface area (Å²) >= 11 is 6.46. The van der Waals surface area contributed by atoms with Crippen molar-refractivity contribution in [2.24, 2.45) is 0 Å². The van der Waals surface area contributed by atoms with Crippen molar-refractivity contribution in [2.75, 3.05) is 6.61 Å². The van der Waals surface area contributed by atoms with Crippen molar-refractivity contribution >= 4 is 34.9 Å². The standard InChI is InChI=1S/C25H19ClN2O6/c1-2-33-23-12-17(10-20(14-27)19-4-3-5-21(13-19)28(31)32)11-22(26)24(23)34-15-16-6-8-18(9-7-16)25(29)30/h3-13H,2,15H2,1H3,(H,29,30)/b20-10-. The third-order valence-corrected chi connectivity index (χ3v) is 5.00. The number of nitrogens with zero attached hydrogens (tertiary/aromatic N) is 2. The maximum atomic E-state index is 11.1. The van der Waals surface area contributed by atoms with Crippen LogP contribution in [0, 0.1) is 21.4 Å². The van der Waals surface area contributed by atoms with E-state index in [1.165, 1.54) is 30.3 Å². The summed E-state index contributed by atoms with van der Waals surface area (Å²) in [6.07, 6.45) is 1.56. The van der Waals surface area contributed by atoms with E-state index in [0.29, 0.717) is 29.2 Å². The first-order valence-corrected chi connectivity index (χ1v) is 10.5. The number of nitriles is 1. The molecule has 9 heteroatoms. The summed E-state index contributed by atoms with van der Waals surface area (Å²) in [4.78, 5) is 21.5. The monoisotopic (exact) mass is 478 g/mol. The zero-order chi connectivity index (χ0) is 24.7. The largest absolute Gasteiger partial charge is 0.490 e. The van der Waals surface area contributed by atoms with Crippen molar-refractivity contribution in [3.05, 3.63) is 98.1 Å². The van der Waals surface area contributed by atoms with Gasteiger partial charge in [0.15, 0.2) is 11.5 Å². The molecular formula is C25H19ClN2O6. The number of non-ortho nitro benzene ring substituents is 1. The van der Waals surface area contributed by atoms with E-state index in [4.69, 9.17) is 26.2 Å². The number of carboxylic acid groups (broad SMARTS) is 1. The van der Waals surface area contributed by atoms with Gasteiger partial charge in [-0.3, -0.25) is 10.1 Å². The van der Waals surface area contributed by atoms with Gasteiger partial charge in [0.2, 0.25) is 0 Å². The maximum Gasteiger partial charge on any atom is 0.335 e.